The summed E-state index contributed by atoms with van der Waals surface area (Å²) < 4.78 is 48.6. The number of nitrogens with one attached hydrogen (secondary N) is 1. The largest absolute Gasteiger partial charge is 0.457 e. The van der Waals surface area contributed by atoms with Crippen LogP contribution in [-0.4, -0.2) is 31.6 Å². The third kappa shape index (κ3) is 3.44. The summed E-state index contributed by atoms with van der Waals surface area (Å²) in [6, 6.07) is 11.4. The van der Waals surface area contributed by atoms with Crippen molar-refractivity contribution in [3.8, 4) is 0 Å². The third-order valence-electron chi connectivity index (χ3n) is 5.54. The fraction of sp³-hybridized carbons (Fsp3) is 0.227. The SMILES string of the molecule is Cc1ccc2cccnc2c1S(=O)(=O)NC(O)c1cc2c(F)cc(N3CCC3)cc2o1. The van der Waals surface area contributed by atoms with Crippen LogP contribution in [0.1, 0.15) is 24.0 Å². The summed E-state index contributed by atoms with van der Waals surface area (Å²) in [5.41, 5.74) is 1.74. The first-order valence-corrected chi connectivity index (χ1v) is 11.3. The first-order valence-electron chi connectivity index (χ1n) is 9.86. The maximum absolute atomic E-state index is 14.6. The number of fused-ring (bicyclic) bond motifs is 2. The first-order chi connectivity index (χ1) is 14.8. The van der Waals surface area contributed by atoms with Gasteiger partial charge in [0.25, 0.3) is 0 Å². The molecule has 1 fully saturated rings. The molecule has 9 heteroatoms. The lowest BCUT2D eigenvalue weighted by Gasteiger charge is -2.33. The van der Waals surface area contributed by atoms with Crippen LogP contribution in [0.5, 0.6) is 0 Å². The van der Waals surface area contributed by atoms with Crippen molar-refractivity contribution in [2.45, 2.75) is 24.5 Å². The van der Waals surface area contributed by atoms with Crippen LogP contribution in [0.4, 0.5) is 10.1 Å². The number of aliphatic hydroxyl groups excluding tert-OH is 1. The quantitative estimate of drug-likeness (QED) is 0.460. The lowest BCUT2D eigenvalue weighted by atomic mass is 10.1. The summed E-state index contributed by atoms with van der Waals surface area (Å²) in [5.74, 6) is -0.581. The lowest BCUT2D eigenvalue weighted by molar-refractivity contribution is 0.141. The highest BCUT2D eigenvalue weighted by Gasteiger charge is 2.27. The zero-order chi connectivity index (χ0) is 21.8. The average Bonchev–Trinajstić information content (AvgIpc) is 3.11. The number of anilines is 1. The number of aromatic nitrogens is 1. The van der Waals surface area contributed by atoms with Gasteiger partial charge in [0.05, 0.1) is 10.9 Å². The minimum absolute atomic E-state index is 0.0213. The second kappa shape index (κ2) is 7.30. The van der Waals surface area contributed by atoms with Crippen molar-refractivity contribution in [2.24, 2.45) is 0 Å². The van der Waals surface area contributed by atoms with E-state index in [1.165, 1.54) is 18.3 Å². The molecule has 1 atom stereocenters. The van der Waals surface area contributed by atoms with E-state index in [2.05, 4.69) is 9.71 Å². The van der Waals surface area contributed by atoms with Crippen LogP contribution in [-0.2, 0) is 10.0 Å². The van der Waals surface area contributed by atoms with Crippen molar-refractivity contribution >= 4 is 37.6 Å². The van der Waals surface area contributed by atoms with Crippen LogP contribution in [0.3, 0.4) is 0 Å². The molecule has 31 heavy (non-hydrogen) atoms. The molecule has 1 unspecified atom stereocenters. The van der Waals surface area contributed by atoms with E-state index in [-0.39, 0.29) is 21.6 Å². The van der Waals surface area contributed by atoms with E-state index in [4.69, 9.17) is 4.42 Å². The number of benzene rings is 2. The molecule has 0 radical (unpaired) electrons. The van der Waals surface area contributed by atoms with Gasteiger partial charge >= 0.3 is 0 Å². The number of nitrogens with zero attached hydrogens (tertiary/aromatic N) is 2. The van der Waals surface area contributed by atoms with Crippen LogP contribution < -0.4 is 9.62 Å². The predicted octanol–water partition coefficient (Wildman–Crippen LogP) is 3.61. The standard InChI is InChI=1S/C22H20FN3O4S/c1-13-5-6-14-4-2-7-24-20(14)21(13)31(28,29)25-22(27)19-12-16-17(23)10-15(11-18(16)30-19)26-8-3-9-26/h2,4-7,10-12,22,25,27H,3,8-9H2,1H3. The number of hydrogen-bond donors (Lipinski definition) is 2. The molecule has 0 saturated carbocycles. The Morgan fingerprint density at radius 1 is 1.23 bits per heavy atom. The zero-order valence-corrected chi connectivity index (χ0v) is 17.5. The summed E-state index contributed by atoms with van der Waals surface area (Å²) in [6.07, 6.45) is 0.864. The van der Waals surface area contributed by atoms with Gasteiger partial charge < -0.3 is 14.4 Å². The van der Waals surface area contributed by atoms with E-state index >= 15 is 0 Å². The van der Waals surface area contributed by atoms with Crippen molar-refractivity contribution in [3.05, 3.63) is 65.8 Å². The van der Waals surface area contributed by atoms with E-state index in [1.54, 1.807) is 37.3 Å². The Balaban J connectivity index is 1.50. The summed E-state index contributed by atoms with van der Waals surface area (Å²) >= 11 is 0. The fourth-order valence-corrected chi connectivity index (χ4v) is 5.26. The summed E-state index contributed by atoms with van der Waals surface area (Å²) in [5, 5.41) is 11.4. The molecule has 0 amide bonds. The Kier molecular flexibility index (Phi) is 4.69. The van der Waals surface area contributed by atoms with Crippen LogP contribution in [0.15, 0.2) is 58.0 Å². The molecule has 160 valence electrons. The van der Waals surface area contributed by atoms with E-state index in [0.717, 1.165) is 19.5 Å². The predicted molar refractivity (Wildman–Crippen MR) is 115 cm³/mol. The molecular weight excluding hydrogens is 421 g/mol. The monoisotopic (exact) mass is 441 g/mol. The van der Waals surface area contributed by atoms with Crippen molar-refractivity contribution in [2.75, 3.05) is 18.0 Å². The molecule has 0 aliphatic carbocycles. The highest BCUT2D eigenvalue weighted by molar-refractivity contribution is 7.89. The molecule has 1 aliphatic heterocycles. The summed E-state index contributed by atoms with van der Waals surface area (Å²) in [7, 11) is -4.15. The topological polar surface area (TPSA) is 95.7 Å². The Bertz CT molecular complexity index is 1410. The zero-order valence-electron chi connectivity index (χ0n) is 16.7. The molecule has 7 nitrogen and oxygen atoms in total. The minimum Gasteiger partial charge on any atom is -0.457 e. The number of aliphatic hydroxyl groups is 1. The normalized spacial score (nSPS) is 15.4. The van der Waals surface area contributed by atoms with E-state index < -0.39 is 22.1 Å². The van der Waals surface area contributed by atoms with E-state index in [9.17, 15) is 17.9 Å². The van der Waals surface area contributed by atoms with Gasteiger partial charge in [-0.15, -0.1) is 0 Å². The number of pyridine rings is 1. The Morgan fingerprint density at radius 2 is 2.03 bits per heavy atom. The number of rotatable bonds is 5. The van der Waals surface area contributed by atoms with Gasteiger partial charge in [-0.05, 0) is 37.1 Å². The van der Waals surface area contributed by atoms with Crippen LogP contribution in [0.2, 0.25) is 0 Å². The van der Waals surface area contributed by atoms with E-state index in [1.807, 2.05) is 4.90 Å². The number of aryl methyl sites for hydroxylation is 1. The molecule has 0 spiro atoms. The summed E-state index contributed by atoms with van der Waals surface area (Å²) in [6.45, 7) is 3.35. The Labute approximate surface area is 178 Å². The molecular formula is C22H20FN3O4S. The third-order valence-corrected chi connectivity index (χ3v) is 7.13. The number of halogens is 1. The average molecular weight is 441 g/mol. The van der Waals surface area contributed by atoms with Gasteiger partial charge in [0.2, 0.25) is 10.0 Å². The van der Waals surface area contributed by atoms with Gasteiger partial charge in [-0.25, -0.2) is 12.8 Å². The second-order valence-corrected chi connectivity index (χ2v) is 9.29. The molecule has 2 aromatic heterocycles. The van der Waals surface area contributed by atoms with Crippen molar-refractivity contribution in [1.82, 2.24) is 9.71 Å². The molecule has 5 rings (SSSR count). The Morgan fingerprint density at radius 3 is 2.77 bits per heavy atom. The van der Waals surface area contributed by atoms with Crippen molar-refractivity contribution < 1.29 is 22.3 Å². The molecule has 1 aliphatic rings. The maximum atomic E-state index is 14.6. The number of hydrogen-bond acceptors (Lipinski definition) is 6. The van der Waals surface area contributed by atoms with E-state index in [0.29, 0.717) is 22.2 Å². The molecule has 1 saturated heterocycles. The molecule has 4 aromatic rings. The van der Waals surface area contributed by atoms with Gasteiger partial charge in [0.1, 0.15) is 22.1 Å². The maximum Gasteiger partial charge on any atom is 0.245 e. The van der Waals surface area contributed by atoms with Crippen LogP contribution in [0, 0.1) is 12.7 Å². The molecule has 2 N–H and O–H groups in total. The second-order valence-electron chi connectivity index (χ2n) is 7.64. The van der Waals surface area contributed by atoms with Gasteiger partial charge in [-0.3, -0.25) is 4.98 Å². The van der Waals surface area contributed by atoms with Crippen LogP contribution >= 0.6 is 0 Å². The molecule has 2 aromatic carbocycles. The van der Waals surface area contributed by atoms with Gasteiger partial charge in [-0.1, -0.05) is 18.2 Å². The Hall–Kier alpha value is -3.01. The van der Waals surface area contributed by atoms with Crippen LogP contribution in [0.25, 0.3) is 21.9 Å². The number of furan rings is 1. The smallest absolute Gasteiger partial charge is 0.245 e. The number of sulfonamides is 1. The summed E-state index contributed by atoms with van der Waals surface area (Å²) in [4.78, 5) is 6.19. The first kappa shape index (κ1) is 19.9. The highest BCUT2D eigenvalue weighted by Crippen LogP contribution is 2.32. The lowest BCUT2D eigenvalue weighted by Crippen LogP contribution is -2.36. The van der Waals surface area contributed by atoms with Gasteiger partial charge in [0.15, 0.2) is 6.23 Å². The molecule has 3 heterocycles. The fourth-order valence-electron chi connectivity index (χ4n) is 3.82. The van der Waals surface area contributed by atoms with Crippen molar-refractivity contribution in [3.63, 3.8) is 0 Å². The highest BCUT2D eigenvalue weighted by atomic mass is 32.2. The minimum atomic E-state index is -4.15. The van der Waals surface area contributed by atoms with Crippen molar-refractivity contribution in [1.29, 1.82) is 0 Å². The molecule has 0 bridgehead atoms. The van der Waals surface area contributed by atoms with Gasteiger partial charge in [0, 0.05) is 36.4 Å². The van der Waals surface area contributed by atoms with Gasteiger partial charge in [-0.2, -0.15) is 4.72 Å².